The predicted molar refractivity (Wildman–Crippen MR) is 73.7 cm³/mol. The molecule has 1 aromatic carbocycles. The molecule has 5 heteroatoms. The lowest BCUT2D eigenvalue weighted by atomic mass is 10.1. The Morgan fingerprint density at radius 1 is 1.20 bits per heavy atom. The second kappa shape index (κ2) is 6.32. The highest BCUT2D eigenvalue weighted by Gasteiger charge is 2.35. The Bertz CT molecular complexity index is 497. The molecule has 1 aromatic rings. The molecule has 0 aromatic heterocycles. The number of imide groups is 1. The quantitative estimate of drug-likeness (QED) is 0.811. The maximum Gasteiger partial charge on any atom is 0.243 e. The molecule has 0 unspecified atom stereocenters. The van der Waals surface area contributed by atoms with Crippen molar-refractivity contribution < 1.29 is 14.4 Å². The normalized spacial score (nSPS) is 16.4. The summed E-state index contributed by atoms with van der Waals surface area (Å²) < 4.78 is 0. The van der Waals surface area contributed by atoms with E-state index < -0.39 is 6.04 Å². The molecule has 1 aliphatic rings. The van der Waals surface area contributed by atoms with Crippen LogP contribution in [0, 0.1) is 0 Å². The Morgan fingerprint density at radius 2 is 1.80 bits per heavy atom. The maximum absolute atomic E-state index is 12.0. The molecule has 0 radical (unpaired) electrons. The second-order valence-corrected chi connectivity index (χ2v) is 4.86. The van der Waals surface area contributed by atoms with Crippen molar-refractivity contribution in [3.05, 3.63) is 35.9 Å². The summed E-state index contributed by atoms with van der Waals surface area (Å²) >= 11 is 0. The minimum Gasteiger partial charge on any atom is -0.354 e. The lowest BCUT2D eigenvalue weighted by Gasteiger charge is -2.21. The molecule has 2 rings (SSSR count). The van der Waals surface area contributed by atoms with Gasteiger partial charge in [-0.05, 0) is 18.9 Å². The smallest absolute Gasteiger partial charge is 0.243 e. The van der Waals surface area contributed by atoms with Crippen LogP contribution in [-0.4, -0.2) is 35.2 Å². The summed E-state index contributed by atoms with van der Waals surface area (Å²) in [5, 5.41) is 2.76. The number of nitrogens with one attached hydrogen (secondary N) is 1. The van der Waals surface area contributed by atoms with Crippen molar-refractivity contribution in [2.45, 2.75) is 32.2 Å². The standard InChI is InChI=1S/C15H18N2O3/c1-11(17-13(18)7-8-14(17)19)15(20)16-10-9-12-5-3-2-4-6-12/h2-6,11H,7-10H2,1H3,(H,16,20)/t11-/m0/s1. The maximum atomic E-state index is 12.0. The zero-order valence-corrected chi connectivity index (χ0v) is 11.5. The van der Waals surface area contributed by atoms with Crippen LogP contribution in [0.3, 0.4) is 0 Å². The number of carbonyl (C=O) groups is 3. The first kappa shape index (κ1) is 14.2. The van der Waals surface area contributed by atoms with Crippen LogP contribution in [-0.2, 0) is 20.8 Å². The van der Waals surface area contributed by atoms with Gasteiger partial charge in [-0.15, -0.1) is 0 Å². The van der Waals surface area contributed by atoms with Crippen molar-refractivity contribution >= 4 is 17.7 Å². The van der Waals surface area contributed by atoms with E-state index >= 15 is 0 Å². The van der Waals surface area contributed by atoms with E-state index in [1.165, 1.54) is 0 Å². The number of hydrogen-bond acceptors (Lipinski definition) is 3. The van der Waals surface area contributed by atoms with Gasteiger partial charge in [0.15, 0.2) is 0 Å². The third-order valence-corrected chi connectivity index (χ3v) is 3.41. The molecule has 0 bridgehead atoms. The van der Waals surface area contributed by atoms with E-state index in [4.69, 9.17) is 0 Å². The number of rotatable bonds is 5. The van der Waals surface area contributed by atoms with Crippen molar-refractivity contribution in [1.29, 1.82) is 0 Å². The first-order chi connectivity index (χ1) is 9.59. The Labute approximate surface area is 118 Å². The Kier molecular flexibility index (Phi) is 4.50. The van der Waals surface area contributed by atoms with E-state index in [1.54, 1.807) is 6.92 Å². The van der Waals surface area contributed by atoms with Crippen LogP contribution in [0.5, 0.6) is 0 Å². The zero-order valence-electron chi connectivity index (χ0n) is 11.5. The van der Waals surface area contributed by atoms with Crippen LogP contribution >= 0.6 is 0 Å². The minimum absolute atomic E-state index is 0.209. The number of likely N-dealkylation sites (tertiary alicyclic amines) is 1. The number of carbonyl (C=O) groups excluding carboxylic acids is 3. The summed E-state index contributed by atoms with van der Waals surface area (Å²) in [5.41, 5.74) is 1.13. The van der Waals surface area contributed by atoms with Crippen LogP contribution in [0.15, 0.2) is 30.3 Å². The second-order valence-electron chi connectivity index (χ2n) is 4.86. The van der Waals surface area contributed by atoms with Gasteiger partial charge in [0.2, 0.25) is 17.7 Å². The number of nitrogens with zero attached hydrogens (tertiary/aromatic N) is 1. The first-order valence-corrected chi connectivity index (χ1v) is 6.76. The van der Waals surface area contributed by atoms with E-state index in [0.717, 1.165) is 16.9 Å². The van der Waals surface area contributed by atoms with Crippen LogP contribution in [0.4, 0.5) is 0 Å². The topological polar surface area (TPSA) is 66.5 Å². The molecule has 1 saturated heterocycles. The molecule has 0 saturated carbocycles. The molecule has 5 nitrogen and oxygen atoms in total. The lowest BCUT2D eigenvalue weighted by molar-refractivity contribution is -0.146. The molecular formula is C15H18N2O3. The summed E-state index contributed by atoms with van der Waals surface area (Å²) in [5.74, 6) is -0.814. The van der Waals surface area contributed by atoms with E-state index in [2.05, 4.69) is 5.32 Å². The molecule has 20 heavy (non-hydrogen) atoms. The fraction of sp³-hybridized carbons (Fsp3) is 0.400. The van der Waals surface area contributed by atoms with Gasteiger partial charge in [-0.25, -0.2) is 0 Å². The van der Waals surface area contributed by atoms with Gasteiger partial charge in [-0.3, -0.25) is 19.3 Å². The third-order valence-electron chi connectivity index (χ3n) is 3.41. The van der Waals surface area contributed by atoms with Crippen molar-refractivity contribution in [3.63, 3.8) is 0 Å². The Hall–Kier alpha value is -2.17. The van der Waals surface area contributed by atoms with Gasteiger partial charge in [0, 0.05) is 19.4 Å². The van der Waals surface area contributed by atoms with Crippen molar-refractivity contribution in [3.8, 4) is 0 Å². The summed E-state index contributed by atoms with van der Waals surface area (Å²) in [6.07, 6.45) is 1.14. The molecule has 0 spiro atoms. The highest BCUT2D eigenvalue weighted by Crippen LogP contribution is 2.15. The molecule has 1 heterocycles. The van der Waals surface area contributed by atoms with Crippen LogP contribution in [0.25, 0.3) is 0 Å². The van der Waals surface area contributed by atoms with Crippen LogP contribution in [0.1, 0.15) is 25.3 Å². The van der Waals surface area contributed by atoms with Gasteiger partial charge >= 0.3 is 0 Å². The summed E-state index contributed by atoms with van der Waals surface area (Å²) in [4.78, 5) is 36.1. The van der Waals surface area contributed by atoms with Crippen LogP contribution < -0.4 is 5.32 Å². The fourth-order valence-corrected chi connectivity index (χ4v) is 2.27. The SMILES string of the molecule is C[C@@H](C(=O)NCCc1ccccc1)N1C(=O)CCC1=O. The largest absolute Gasteiger partial charge is 0.354 e. The van der Waals surface area contributed by atoms with E-state index in [9.17, 15) is 14.4 Å². The van der Waals surface area contributed by atoms with E-state index in [1.807, 2.05) is 30.3 Å². The monoisotopic (exact) mass is 274 g/mol. The molecule has 1 N–H and O–H groups in total. The van der Waals surface area contributed by atoms with Gasteiger partial charge < -0.3 is 5.32 Å². The van der Waals surface area contributed by atoms with Gasteiger partial charge in [0.05, 0.1) is 0 Å². The number of hydrogen-bond donors (Lipinski definition) is 1. The minimum atomic E-state index is -0.728. The Balaban J connectivity index is 1.82. The lowest BCUT2D eigenvalue weighted by Crippen LogP contribution is -2.47. The van der Waals surface area contributed by atoms with Gasteiger partial charge in [0.1, 0.15) is 6.04 Å². The predicted octanol–water partition coefficient (Wildman–Crippen LogP) is 0.883. The number of benzene rings is 1. The highest BCUT2D eigenvalue weighted by molar-refractivity contribution is 6.05. The average Bonchev–Trinajstić information content (AvgIpc) is 2.78. The first-order valence-electron chi connectivity index (χ1n) is 6.76. The molecule has 106 valence electrons. The third kappa shape index (κ3) is 3.23. The zero-order chi connectivity index (χ0) is 14.5. The van der Waals surface area contributed by atoms with Gasteiger partial charge in [-0.1, -0.05) is 30.3 Å². The number of amides is 3. The van der Waals surface area contributed by atoms with E-state index in [-0.39, 0.29) is 30.6 Å². The summed E-state index contributed by atoms with van der Waals surface area (Å²) in [7, 11) is 0. The van der Waals surface area contributed by atoms with E-state index in [0.29, 0.717) is 6.54 Å². The molecule has 3 amide bonds. The van der Waals surface area contributed by atoms with Crippen molar-refractivity contribution in [2.24, 2.45) is 0 Å². The fourth-order valence-electron chi connectivity index (χ4n) is 2.27. The van der Waals surface area contributed by atoms with Crippen LogP contribution in [0.2, 0.25) is 0 Å². The molecule has 1 fully saturated rings. The van der Waals surface area contributed by atoms with Crippen molar-refractivity contribution in [2.75, 3.05) is 6.54 Å². The molecule has 1 aliphatic heterocycles. The highest BCUT2D eigenvalue weighted by atomic mass is 16.2. The summed E-state index contributed by atoms with van der Waals surface area (Å²) in [6.45, 7) is 2.07. The van der Waals surface area contributed by atoms with Gasteiger partial charge in [-0.2, -0.15) is 0 Å². The molecule has 0 aliphatic carbocycles. The van der Waals surface area contributed by atoms with Gasteiger partial charge in [0.25, 0.3) is 0 Å². The van der Waals surface area contributed by atoms with Crippen molar-refractivity contribution in [1.82, 2.24) is 10.2 Å². The molecule has 1 atom stereocenters. The Morgan fingerprint density at radius 3 is 2.40 bits per heavy atom. The summed E-state index contributed by atoms with van der Waals surface area (Å²) in [6, 6.07) is 9.08. The molecular weight excluding hydrogens is 256 g/mol. The average molecular weight is 274 g/mol.